The maximum absolute atomic E-state index is 11.2. The van der Waals surface area contributed by atoms with Crippen LogP contribution in [0.3, 0.4) is 0 Å². The van der Waals surface area contributed by atoms with E-state index in [0.717, 1.165) is 16.7 Å². The van der Waals surface area contributed by atoms with Crippen LogP contribution in [0.4, 0.5) is 11.4 Å². The molecule has 0 atom stereocenters. The number of hydrogen-bond acceptors (Lipinski definition) is 3. The summed E-state index contributed by atoms with van der Waals surface area (Å²) in [5.74, 6) is -0.952. The minimum Gasteiger partial charge on any atom is -0.478 e. The first-order chi connectivity index (χ1) is 8.91. The van der Waals surface area contributed by atoms with Crippen molar-refractivity contribution in [2.24, 2.45) is 0 Å². The number of anilines is 2. The van der Waals surface area contributed by atoms with Gasteiger partial charge in [0.15, 0.2) is 0 Å². The Kier molecular flexibility index (Phi) is 3.17. The number of aromatic carboxylic acids is 1. The lowest BCUT2D eigenvalue weighted by atomic mass is 9.92. The maximum atomic E-state index is 11.2. The molecule has 0 bridgehead atoms. The van der Waals surface area contributed by atoms with Crippen molar-refractivity contribution >= 4 is 17.3 Å². The van der Waals surface area contributed by atoms with Crippen LogP contribution in [0, 0.1) is 13.8 Å². The zero-order valence-corrected chi connectivity index (χ0v) is 10.9. The topological polar surface area (TPSA) is 89.3 Å². The van der Waals surface area contributed by atoms with Gasteiger partial charge in [0.25, 0.3) is 0 Å². The molecule has 4 nitrogen and oxygen atoms in total. The molecule has 98 valence electrons. The fourth-order valence-corrected chi connectivity index (χ4v) is 2.29. The second-order valence-electron chi connectivity index (χ2n) is 4.58. The fraction of sp³-hybridized carbons (Fsp3) is 0.133. The Bertz CT molecular complexity index is 663. The van der Waals surface area contributed by atoms with E-state index in [-0.39, 0.29) is 5.56 Å². The van der Waals surface area contributed by atoms with Crippen molar-refractivity contribution < 1.29 is 9.90 Å². The molecule has 2 aromatic carbocycles. The van der Waals surface area contributed by atoms with Crippen LogP contribution in [0.1, 0.15) is 21.5 Å². The number of carbonyl (C=O) groups is 1. The summed E-state index contributed by atoms with van der Waals surface area (Å²) in [7, 11) is 0. The van der Waals surface area contributed by atoms with E-state index in [1.54, 1.807) is 19.1 Å². The number of nitrogens with two attached hydrogens (primary N) is 2. The van der Waals surface area contributed by atoms with E-state index < -0.39 is 5.97 Å². The van der Waals surface area contributed by atoms with E-state index in [9.17, 15) is 9.90 Å². The summed E-state index contributed by atoms with van der Waals surface area (Å²) in [6, 6.07) is 8.66. The Hall–Kier alpha value is -2.49. The quantitative estimate of drug-likeness (QED) is 0.721. The lowest BCUT2D eigenvalue weighted by Crippen LogP contribution is -2.04. The van der Waals surface area contributed by atoms with Crippen LogP contribution in [0.15, 0.2) is 30.3 Å². The van der Waals surface area contributed by atoms with Crippen molar-refractivity contribution in [2.45, 2.75) is 13.8 Å². The van der Waals surface area contributed by atoms with Gasteiger partial charge >= 0.3 is 5.97 Å². The van der Waals surface area contributed by atoms with Crippen LogP contribution in [0.2, 0.25) is 0 Å². The Morgan fingerprint density at radius 3 is 2.37 bits per heavy atom. The van der Waals surface area contributed by atoms with Crippen molar-refractivity contribution in [1.82, 2.24) is 0 Å². The molecule has 0 saturated carbocycles. The van der Waals surface area contributed by atoms with Crippen LogP contribution >= 0.6 is 0 Å². The highest BCUT2D eigenvalue weighted by atomic mass is 16.4. The van der Waals surface area contributed by atoms with Crippen LogP contribution in [-0.2, 0) is 0 Å². The summed E-state index contributed by atoms with van der Waals surface area (Å²) in [6.45, 7) is 3.70. The van der Waals surface area contributed by atoms with Gasteiger partial charge in [-0.15, -0.1) is 0 Å². The van der Waals surface area contributed by atoms with Gasteiger partial charge in [-0.25, -0.2) is 4.79 Å². The standard InChI is InChI=1S/C15H16N2O2/c1-8-7-10(16)3-4-11(8)14-9(2)12(15(18)19)5-6-13(14)17/h3-7H,16-17H2,1-2H3,(H,18,19). The molecule has 5 N–H and O–H groups in total. The SMILES string of the molecule is Cc1cc(N)ccc1-c1c(N)ccc(C(=O)O)c1C. The molecule has 0 fully saturated rings. The molecular formula is C15H16N2O2. The van der Waals surface area contributed by atoms with Crippen molar-refractivity contribution in [3.8, 4) is 11.1 Å². The number of benzene rings is 2. The molecular weight excluding hydrogens is 240 g/mol. The largest absolute Gasteiger partial charge is 0.478 e. The van der Waals surface area contributed by atoms with Gasteiger partial charge in [-0.1, -0.05) is 6.07 Å². The first-order valence-corrected chi connectivity index (χ1v) is 5.90. The highest BCUT2D eigenvalue weighted by Gasteiger charge is 2.15. The Morgan fingerprint density at radius 1 is 1.11 bits per heavy atom. The van der Waals surface area contributed by atoms with Gasteiger partial charge in [0.05, 0.1) is 5.56 Å². The van der Waals surface area contributed by atoms with Crippen LogP contribution < -0.4 is 11.5 Å². The molecule has 2 aromatic rings. The molecule has 0 aliphatic carbocycles. The fourth-order valence-electron chi connectivity index (χ4n) is 2.29. The Balaban J connectivity index is 2.74. The van der Waals surface area contributed by atoms with Crippen LogP contribution in [-0.4, -0.2) is 11.1 Å². The third-order valence-corrected chi connectivity index (χ3v) is 3.25. The van der Waals surface area contributed by atoms with Gasteiger partial charge < -0.3 is 16.6 Å². The van der Waals surface area contributed by atoms with Gasteiger partial charge in [0.1, 0.15) is 0 Å². The average Bonchev–Trinajstić information content (AvgIpc) is 2.31. The normalized spacial score (nSPS) is 10.4. The molecule has 0 radical (unpaired) electrons. The minimum absolute atomic E-state index is 0.264. The minimum atomic E-state index is -0.952. The number of hydrogen-bond donors (Lipinski definition) is 3. The number of aryl methyl sites for hydroxylation is 1. The molecule has 19 heavy (non-hydrogen) atoms. The molecule has 0 heterocycles. The first-order valence-electron chi connectivity index (χ1n) is 5.90. The van der Waals surface area contributed by atoms with Gasteiger partial charge in [-0.05, 0) is 54.8 Å². The van der Waals surface area contributed by atoms with E-state index in [1.165, 1.54) is 6.07 Å². The van der Waals surface area contributed by atoms with Crippen molar-refractivity contribution in [2.75, 3.05) is 11.5 Å². The van der Waals surface area contributed by atoms with Gasteiger partial charge in [0.2, 0.25) is 0 Å². The molecule has 0 aliphatic heterocycles. The predicted octanol–water partition coefficient (Wildman–Crippen LogP) is 2.83. The third kappa shape index (κ3) is 2.25. The van der Waals surface area contributed by atoms with E-state index in [0.29, 0.717) is 16.9 Å². The van der Waals surface area contributed by atoms with Crippen LogP contribution in [0.25, 0.3) is 11.1 Å². The van der Waals surface area contributed by atoms with Crippen LogP contribution in [0.5, 0.6) is 0 Å². The maximum Gasteiger partial charge on any atom is 0.335 e. The molecule has 0 aliphatic rings. The van der Waals surface area contributed by atoms with E-state index >= 15 is 0 Å². The number of rotatable bonds is 2. The second-order valence-corrected chi connectivity index (χ2v) is 4.58. The average molecular weight is 256 g/mol. The summed E-state index contributed by atoms with van der Waals surface area (Å²) < 4.78 is 0. The summed E-state index contributed by atoms with van der Waals surface area (Å²) in [5, 5.41) is 9.18. The lowest BCUT2D eigenvalue weighted by molar-refractivity contribution is 0.0696. The number of nitrogen functional groups attached to an aromatic ring is 2. The number of carboxylic acid groups (broad SMARTS) is 1. The Labute approximate surface area is 111 Å². The molecule has 0 spiro atoms. The smallest absolute Gasteiger partial charge is 0.335 e. The van der Waals surface area contributed by atoms with E-state index in [2.05, 4.69) is 0 Å². The summed E-state index contributed by atoms with van der Waals surface area (Å²) in [4.78, 5) is 11.2. The summed E-state index contributed by atoms with van der Waals surface area (Å²) in [6.07, 6.45) is 0. The molecule has 2 rings (SSSR count). The van der Waals surface area contributed by atoms with Gasteiger partial charge in [-0.2, -0.15) is 0 Å². The lowest BCUT2D eigenvalue weighted by Gasteiger charge is -2.14. The zero-order valence-electron chi connectivity index (χ0n) is 10.9. The van der Waals surface area contributed by atoms with Crippen molar-refractivity contribution in [1.29, 1.82) is 0 Å². The molecule has 0 aromatic heterocycles. The second kappa shape index (κ2) is 4.65. The monoisotopic (exact) mass is 256 g/mol. The van der Waals surface area contributed by atoms with E-state index in [4.69, 9.17) is 11.5 Å². The molecule has 0 unspecified atom stereocenters. The Morgan fingerprint density at radius 2 is 1.79 bits per heavy atom. The van der Waals surface area contributed by atoms with E-state index in [1.807, 2.05) is 19.1 Å². The third-order valence-electron chi connectivity index (χ3n) is 3.25. The zero-order chi connectivity index (χ0) is 14.2. The number of carboxylic acids is 1. The van der Waals surface area contributed by atoms with Crippen molar-refractivity contribution in [3.05, 3.63) is 47.0 Å². The van der Waals surface area contributed by atoms with Gasteiger partial charge in [0, 0.05) is 16.9 Å². The molecule has 4 heteroatoms. The highest BCUT2D eigenvalue weighted by Crippen LogP contribution is 2.34. The van der Waals surface area contributed by atoms with Crippen molar-refractivity contribution in [3.63, 3.8) is 0 Å². The molecule has 0 saturated heterocycles. The van der Waals surface area contributed by atoms with Gasteiger partial charge in [-0.3, -0.25) is 0 Å². The predicted molar refractivity (Wildman–Crippen MR) is 77.1 cm³/mol. The highest BCUT2D eigenvalue weighted by molar-refractivity contribution is 5.95. The first kappa shape index (κ1) is 13.0. The molecule has 0 amide bonds. The summed E-state index contributed by atoms with van der Waals surface area (Å²) in [5.41, 5.74) is 16.5. The summed E-state index contributed by atoms with van der Waals surface area (Å²) >= 11 is 0.